The third-order valence-corrected chi connectivity index (χ3v) is 23.0. The first-order valence-corrected chi connectivity index (χ1v) is 28.4. The van der Waals surface area contributed by atoms with E-state index in [9.17, 15) is 5.11 Å². The number of rotatable bonds is 6. The SMILES string of the molecule is C[C@@H]1CC2=C3[C@H]4C5=C6[C@@H](/C=C\[C@@H](C7CCCCC7)C[C@H]7[C@]68C(=O)O/C(=C(/O)[C@H]6CC[C@@H]9[C@H]%10C[C@@H](CN9[C@H]6CC6CCCCC6)[C@H](C=C2)N3C%10)[C@@]8(CC5)[C@]72OC(=O)c3c(CCCN)cccc32)C[C@@H]41. The minimum atomic E-state index is -1.14. The predicted octanol–water partition coefficient (Wildman–Crippen LogP) is 11.0. The van der Waals surface area contributed by atoms with Crippen LogP contribution in [0.1, 0.15) is 157 Å². The molecule has 7 bridgehead atoms. The molecule has 7 aliphatic carbocycles. The lowest BCUT2D eigenvalue weighted by molar-refractivity contribution is -0.282. The Labute approximate surface area is 404 Å². The molecule has 7 heterocycles. The first-order chi connectivity index (χ1) is 33.3. The van der Waals surface area contributed by atoms with Crippen molar-refractivity contribution in [1.82, 2.24) is 9.80 Å². The third-order valence-electron chi connectivity index (χ3n) is 23.0. The summed E-state index contributed by atoms with van der Waals surface area (Å²) in [4.78, 5) is 37.6. The van der Waals surface area contributed by atoms with Crippen LogP contribution in [0.4, 0.5) is 0 Å². The fourth-order valence-corrected chi connectivity index (χ4v) is 20.7. The topological polar surface area (TPSA) is 105 Å². The zero-order valence-electron chi connectivity index (χ0n) is 40.6. The Morgan fingerprint density at radius 2 is 1.74 bits per heavy atom. The highest BCUT2D eigenvalue weighted by Crippen LogP contribution is 2.88. The van der Waals surface area contributed by atoms with Gasteiger partial charge in [0.25, 0.3) is 0 Å². The van der Waals surface area contributed by atoms with Gasteiger partial charge >= 0.3 is 11.9 Å². The van der Waals surface area contributed by atoms with Crippen LogP contribution in [-0.2, 0) is 26.3 Å². The number of esters is 2. The summed E-state index contributed by atoms with van der Waals surface area (Å²) in [6, 6.07) is 7.49. The molecule has 0 aromatic heterocycles. The van der Waals surface area contributed by atoms with E-state index in [1.165, 1.54) is 81.8 Å². The van der Waals surface area contributed by atoms with Gasteiger partial charge in [-0.15, -0.1) is 0 Å². The number of allylic oxidation sites excluding steroid dienone is 5. The number of aryl methyl sites for hydroxylation is 1. The smallest absolute Gasteiger partial charge is 0.339 e. The van der Waals surface area contributed by atoms with E-state index in [-0.39, 0.29) is 47.6 Å². The van der Waals surface area contributed by atoms with E-state index in [0.29, 0.717) is 84.1 Å². The lowest BCUT2D eigenvalue weighted by Gasteiger charge is -2.73. The van der Waals surface area contributed by atoms with Gasteiger partial charge in [0, 0.05) is 54.2 Å². The molecule has 8 nitrogen and oxygen atoms in total. The second kappa shape index (κ2) is 15.0. The van der Waals surface area contributed by atoms with Gasteiger partial charge in [-0.3, -0.25) is 9.69 Å². The minimum absolute atomic E-state index is 0.0943. The first kappa shape index (κ1) is 42.1. The van der Waals surface area contributed by atoms with Gasteiger partial charge in [0.1, 0.15) is 11.2 Å². The van der Waals surface area contributed by atoms with Crippen LogP contribution in [0.25, 0.3) is 0 Å². The summed E-state index contributed by atoms with van der Waals surface area (Å²) in [6.45, 7) is 5.27. The summed E-state index contributed by atoms with van der Waals surface area (Å²) in [5.41, 5.74) is 11.6. The van der Waals surface area contributed by atoms with Gasteiger partial charge in [-0.25, -0.2) is 4.79 Å². The number of hydrogen-bond donors (Lipinski definition) is 2. The molecule has 360 valence electrons. The molecule has 3 N–H and O–H groups in total. The number of nitrogens with two attached hydrogens (primary N) is 1. The lowest BCUT2D eigenvalue weighted by atomic mass is 9.27. The molecule has 4 saturated heterocycles. The van der Waals surface area contributed by atoms with Crippen LogP contribution >= 0.6 is 0 Å². The number of ether oxygens (including phenoxy) is 2. The van der Waals surface area contributed by atoms with E-state index in [2.05, 4.69) is 59.2 Å². The van der Waals surface area contributed by atoms with Crippen molar-refractivity contribution in [3.8, 4) is 0 Å². The fraction of sp³-hybridized carbons (Fsp3) is 0.700. The zero-order chi connectivity index (χ0) is 45.4. The molecule has 3 spiro atoms. The molecule has 15 atom stereocenters. The Morgan fingerprint density at radius 3 is 2.57 bits per heavy atom. The van der Waals surface area contributed by atoms with Crippen LogP contribution in [0.15, 0.2) is 76.4 Å². The maximum atomic E-state index is 16.5. The molecule has 15 rings (SSSR count). The Kier molecular flexibility index (Phi) is 9.26. The van der Waals surface area contributed by atoms with E-state index >= 15 is 9.59 Å². The van der Waals surface area contributed by atoms with Crippen molar-refractivity contribution < 1.29 is 24.2 Å². The summed E-state index contributed by atoms with van der Waals surface area (Å²) >= 11 is 0. The van der Waals surface area contributed by atoms with Crippen molar-refractivity contribution in [3.05, 3.63) is 93.1 Å². The van der Waals surface area contributed by atoms with Gasteiger partial charge in [-0.1, -0.05) is 106 Å². The van der Waals surface area contributed by atoms with Crippen LogP contribution in [0.5, 0.6) is 0 Å². The van der Waals surface area contributed by atoms with Crippen molar-refractivity contribution in [1.29, 1.82) is 0 Å². The maximum absolute atomic E-state index is 16.5. The van der Waals surface area contributed by atoms with Gasteiger partial charge in [0.05, 0.1) is 17.0 Å². The number of aliphatic hydroxyl groups is 1. The number of carbonyl (C=O) groups excluding carboxylic acids is 2. The molecule has 0 amide bonds. The summed E-state index contributed by atoms with van der Waals surface area (Å²) in [5.74, 6) is 3.90. The number of carbonyl (C=O) groups is 2. The van der Waals surface area contributed by atoms with Crippen LogP contribution in [0.3, 0.4) is 0 Å². The molecule has 7 fully saturated rings. The predicted molar refractivity (Wildman–Crippen MR) is 260 cm³/mol. The quantitative estimate of drug-likeness (QED) is 0.215. The van der Waals surface area contributed by atoms with E-state index < -0.39 is 16.4 Å². The Bertz CT molecular complexity index is 2520. The monoisotopic (exact) mass is 918 g/mol. The van der Waals surface area contributed by atoms with Gasteiger partial charge in [-0.05, 0) is 154 Å². The number of benzene rings is 1. The average Bonchev–Trinajstić information content (AvgIpc) is 3.81. The van der Waals surface area contributed by atoms with E-state index in [0.717, 1.165) is 75.6 Å². The van der Waals surface area contributed by atoms with E-state index in [4.69, 9.17) is 15.2 Å². The van der Waals surface area contributed by atoms with Gasteiger partial charge < -0.3 is 25.2 Å². The number of hydrogen-bond acceptors (Lipinski definition) is 8. The van der Waals surface area contributed by atoms with Crippen molar-refractivity contribution in [3.63, 3.8) is 0 Å². The molecule has 1 aromatic carbocycles. The molecule has 0 radical (unpaired) electrons. The van der Waals surface area contributed by atoms with Crippen LogP contribution in [-0.4, -0.2) is 64.6 Å². The van der Waals surface area contributed by atoms with Crippen molar-refractivity contribution >= 4 is 11.9 Å². The van der Waals surface area contributed by atoms with Gasteiger partial charge in [0.15, 0.2) is 11.4 Å². The van der Waals surface area contributed by atoms with E-state index in [1.807, 2.05) is 0 Å². The Balaban J connectivity index is 1.03. The molecule has 8 heteroatoms. The van der Waals surface area contributed by atoms with Crippen LogP contribution in [0, 0.1) is 75.9 Å². The fourth-order valence-electron chi connectivity index (χ4n) is 20.7. The molecule has 1 aromatic rings. The zero-order valence-corrected chi connectivity index (χ0v) is 40.6. The lowest BCUT2D eigenvalue weighted by Crippen LogP contribution is -2.78. The van der Waals surface area contributed by atoms with Crippen LogP contribution in [0.2, 0.25) is 0 Å². The van der Waals surface area contributed by atoms with Crippen molar-refractivity contribution in [2.24, 2.45) is 81.7 Å². The molecule has 3 saturated carbocycles. The number of nitrogens with zero attached hydrogens (tertiary/aromatic N) is 2. The summed E-state index contributed by atoms with van der Waals surface area (Å²) < 4.78 is 14.7. The highest BCUT2D eigenvalue weighted by molar-refractivity contribution is 6.00. The van der Waals surface area contributed by atoms with Crippen molar-refractivity contribution in [2.45, 2.75) is 165 Å². The van der Waals surface area contributed by atoms with Gasteiger partial charge in [-0.2, -0.15) is 0 Å². The molecular formula is C60H75N3O5. The molecule has 0 unspecified atom stereocenters. The van der Waals surface area contributed by atoms with E-state index in [1.54, 1.807) is 11.3 Å². The minimum Gasteiger partial charge on any atom is -0.508 e. The number of aliphatic hydroxyl groups excluding tert-OH is 1. The Hall–Kier alpha value is -3.62. The standard InChI is InChI=1S/C60H75N3O5/c1-33-26-39-19-21-47-40-28-41-32-63(47)53(39)51-43-23-24-58-55(54(64)42-20-22-46(41)62(31-40)48(42)27-34-10-4-2-5-11-34)67-57(66)59(58)49(60(58)45-16-8-14-36(15-9-25-61)50(45)56(65)68-60)30-37(35-12-6-3-7-13-35)17-18-38(52(43)59)29-44(33)51/h8,14,16-19,21,33-35,37-38,40-42,44,46-49,51,64H,2-7,9-13,15,20,22-32,61H2,1H3/b18-17-,55-54+/t33-,37-,38+,40+,41+,42+,44-,46-,47+,48+,49+,51+,58-,59-,60-/m1/s1. The third kappa shape index (κ3) is 5.11. The highest BCUT2D eigenvalue weighted by Gasteiger charge is 2.94. The summed E-state index contributed by atoms with van der Waals surface area (Å²) in [7, 11) is 0. The normalized spacial score (nSPS) is 46.7. The molecule has 7 aliphatic heterocycles. The highest BCUT2D eigenvalue weighted by atomic mass is 16.6. The Morgan fingerprint density at radius 1 is 0.897 bits per heavy atom. The molecular weight excluding hydrogens is 843 g/mol. The molecule has 68 heavy (non-hydrogen) atoms. The second-order valence-corrected chi connectivity index (χ2v) is 25.4. The average molecular weight is 918 g/mol. The number of piperidine rings is 3. The second-order valence-electron chi connectivity index (χ2n) is 25.4. The van der Waals surface area contributed by atoms with Crippen molar-refractivity contribution in [2.75, 3.05) is 19.6 Å². The molecule has 14 aliphatic rings. The number of fused-ring (bicyclic) bond motifs is 8. The van der Waals surface area contributed by atoms with Crippen LogP contribution < -0.4 is 5.73 Å². The summed E-state index contributed by atoms with van der Waals surface area (Å²) in [6.07, 6.45) is 33.3. The summed E-state index contributed by atoms with van der Waals surface area (Å²) in [5, 5.41) is 13.9. The largest absolute Gasteiger partial charge is 0.508 e. The van der Waals surface area contributed by atoms with Gasteiger partial charge in [0.2, 0.25) is 0 Å². The first-order valence-electron chi connectivity index (χ1n) is 28.4. The maximum Gasteiger partial charge on any atom is 0.339 e.